The van der Waals surface area contributed by atoms with Crippen molar-refractivity contribution < 1.29 is 14.8 Å². The Labute approximate surface area is 122 Å². The molecule has 0 fully saturated rings. The fourth-order valence-electron chi connectivity index (χ4n) is 1.49. The summed E-state index contributed by atoms with van der Waals surface area (Å²) in [5, 5.41) is 23.5. The molecule has 0 spiro atoms. The standard InChI is InChI=1S/C13H19ClN2O4/c1-9(2)7-20-8-11(17)6-15-13-4-3-10(16(18)19)5-12(13)14/h3-5,9,11,15,17H,6-8H2,1-2H3/t11-/m0/s1. The Morgan fingerprint density at radius 1 is 1.45 bits per heavy atom. The van der Waals surface area contributed by atoms with Crippen LogP contribution in [0.2, 0.25) is 5.02 Å². The Balaban J connectivity index is 2.43. The van der Waals surface area contributed by atoms with E-state index in [1.165, 1.54) is 18.2 Å². The number of hydrogen-bond acceptors (Lipinski definition) is 5. The number of nitro groups is 1. The molecule has 1 aromatic rings. The molecule has 112 valence electrons. The summed E-state index contributed by atoms with van der Waals surface area (Å²) in [6, 6.07) is 4.14. The van der Waals surface area contributed by atoms with Gasteiger partial charge in [-0.15, -0.1) is 0 Å². The number of anilines is 1. The number of hydrogen-bond donors (Lipinski definition) is 2. The van der Waals surface area contributed by atoms with E-state index in [2.05, 4.69) is 5.32 Å². The number of nitrogens with one attached hydrogen (secondary N) is 1. The zero-order chi connectivity index (χ0) is 15.1. The Morgan fingerprint density at radius 2 is 2.15 bits per heavy atom. The zero-order valence-corrected chi connectivity index (χ0v) is 12.3. The number of nitrogens with zero attached hydrogens (tertiary/aromatic N) is 1. The highest BCUT2D eigenvalue weighted by Crippen LogP contribution is 2.26. The van der Waals surface area contributed by atoms with Gasteiger partial charge in [-0.25, -0.2) is 0 Å². The third kappa shape index (κ3) is 5.73. The summed E-state index contributed by atoms with van der Waals surface area (Å²) >= 11 is 5.92. The average molecular weight is 303 g/mol. The maximum absolute atomic E-state index is 10.6. The molecule has 0 amide bonds. The highest BCUT2D eigenvalue weighted by molar-refractivity contribution is 6.33. The van der Waals surface area contributed by atoms with Gasteiger partial charge in [0, 0.05) is 25.3 Å². The number of non-ortho nitro benzene ring substituents is 1. The van der Waals surface area contributed by atoms with Crippen LogP contribution in [0.15, 0.2) is 18.2 Å². The van der Waals surface area contributed by atoms with Crippen molar-refractivity contribution in [1.82, 2.24) is 0 Å². The molecule has 1 rings (SSSR count). The molecule has 2 N–H and O–H groups in total. The average Bonchev–Trinajstić information content (AvgIpc) is 2.36. The van der Waals surface area contributed by atoms with Gasteiger partial charge in [-0.1, -0.05) is 25.4 Å². The number of aliphatic hydroxyl groups is 1. The number of rotatable bonds is 8. The lowest BCUT2D eigenvalue weighted by Crippen LogP contribution is -2.25. The minimum Gasteiger partial charge on any atom is -0.389 e. The number of benzene rings is 1. The van der Waals surface area contributed by atoms with Crippen LogP contribution in [-0.4, -0.2) is 35.9 Å². The molecule has 0 aromatic heterocycles. The van der Waals surface area contributed by atoms with E-state index in [-0.39, 0.29) is 23.9 Å². The molecule has 0 saturated heterocycles. The lowest BCUT2D eigenvalue weighted by atomic mass is 10.2. The van der Waals surface area contributed by atoms with Crippen LogP contribution in [0.4, 0.5) is 11.4 Å². The molecule has 0 unspecified atom stereocenters. The van der Waals surface area contributed by atoms with Gasteiger partial charge in [-0.3, -0.25) is 10.1 Å². The van der Waals surface area contributed by atoms with Gasteiger partial charge in [-0.05, 0) is 12.0 Å². The van der Waals surface area contributed by atoms with Crippen LogP contribution in [0, 0.1) is 16.0 Å². The van der Waals surface area contributed by atoms with Crippen LogP contribution in [0.5, 0.6) is 0 Å². The van der Waals surface area contributed by atoms with E-state index in [0.717, 1.165) is 0 Å². The molecule has 20 heavy (non-hydrogen) atoms. The zero-order valence-electron chi connectivity index (χ0n) is 11.5. The second kappa shape index (κ2) is 8.04. The van der Waals surface area contributed by atoms with Gasteiger partial charge in [-0.2, -0.15) is 0 Å². The summed E-state index contributed by atoms with van der Waals surface area (Å²) in [6.07, 6.45) is -0.667. The second-order valence-corrected chi connectivity index (χ2v) is 5.29. The van der Waals surface area contributed by atoms with Gasteiger partial charge in [0.05, 0.1) is 28.3 Å². The van der Waals surface area contributed by atoms with Crippen molar-refractivity contribution in [3.05, 3.63) is 33.3 Å². The first-order chi connectivity index (χ1) is 9.40. The van der Waals surface area contributed by atoms with Crippen LogP contribution in [-0.2, 0) is 4.74 Å². The Kier molecular flexibility index (Phi) is 6.70. The van der Waals surface area contributed by atoms with Gasteiger partial charge in [0.15, 0.2) is 0 Å². The highest BCUT2D eigenvalue weighted by atomic mass is 35.5. The second-order valence-electron chi connectivity index (χ2n) is 4.89. The van der Waals surface area contributed by atoms with Gasteiger partial charge < -0.3 is 15.2 Å². The van der Waals surface area contributed by atoms with Crippen molar-refractivity contribution in [1.29, 1.82) is 0 Å². The van der Waals surface area contributed by atoms with Crippen LogP contribution >= 0.6 is 11.6 Å². The number of aliphatic hydroxyl groups excluding tert-OH is 1. The highest BCUT2D eigenvalue weighted by Gasteiger charge is 2.11. The topological polar surface area (TPSA) is 84.6 Å². The van der Waals surface area contributed by atoms with E-state index in [9.17, 15) is 15.2 Å². The SMILES string of the molecule is CC(C)COC[C@@H](O)CNc1ccc([N+](=O)[O-])cc1Cl. The van der Waals surface area contributed by atoms with E-state index in [1.54, 1.807) is 0 Å². The van der Waals surface area contributed by atoms with E-state index in [1.807, 2.05) is 13.8 Å². The summed E-state index contributed by atoms with van der Waals surface area (Å²) in [6.45, 7) is 5.14. The smallest absolute Gasteiger partial charge is 0.271 e. The molecular formula is C13H19ClN2O4. The molecule has 0 radical (unpaired) electrons. The number of halogens is 1. The minimum atomic E-state index is -0.667. The summed E-state index contributed by atoms with van der Waals surface area (Å²) in [4.78, 5) is 10.1. The first kappa shape index (κ1) is 16.7. The maximum atomic E-state index is 10.6. The Bertz CT molecular complexity index is 454. The van der Waals surface area contributed by atoms with Crippen molar-refractivity contribution >= 4 is 23.0 Å². The lowest BCUT2D eigenvalue weighted by Gasteiger charge is -2.14. The van der Waals surface area contributed by atoms with Crippen molar-refractivity contribution in [2.24, 2.45) is 5.92 Å². The molecule has 0 heterocycles. The van der Waals surface area contributed by atoms with Crippen molar-refractivity contribution in [3.63, 3.8) is 0 Å². The molecule has 0 bridgehead atoms. The Morgan fingerprint density at radius 3 is 2.70 bits per heavy atom. The van der Waals surface area contributed by atoms with Crippen LogP contribution in [0.3, 0.4) is 0 Å². The van der Waals surface area contributed by atoms with Gasteiger partial charge >= 0.3 is 0 Å². The molecule has 6 nitrogen and oxygen atoms in total. The van der Waals surface area contributed by atoms with E-state index >= 15 is 0 Å². The van der Waals surface area contributed by atoms with Gasteiger partial charge in [0.2, 0.25) is 0 Å². The number of nitro benzene ring substituents is 1. The summed E-state index contributed by atoms with van der Waals surface area (Å²) in [7, 11) is 0. The van der Waals surface area contributed by atoms with E-state index in [4.69, 9.17) is 16.3 Å². The molecule has 0 saturated carbocycles. The van der Waals surface area contributed by atoms with Gasteiger partial charge in [0.25, 0.3) is 5.69 Å². The first-order valence-corrected chi connectivity index (χ1v) is 6.71. The lowest BCUT2D eigenvalue weighted by molar-refractivity contribution is -0.384. The third-order valence-electron chi connectivity index (χ3n) is 2.45. The maximum Gasteiger partial charge on any atom is 0.271 e. The number of ether oxygens (including phenoxy) is 1. The molecule has 1 aromatic carbocycles. The summed E-state index contributed by atoms with van der Waals surface area (Å²) < 4.78 is 5.31. The van der Waals surface area contributed by atoms with Crippen molar-refractivity contribution in [2.45, 2.75) is 20.0 Å². The van der Waals surface area contributed by atoms with Crippen molar-refractivity contribution in [3.8, 4) is 0 Å². The van der Waals surface area contributed by atoms with Gasteiger partial charge in [0.1, 0.15) is 0 Å². The fourth-order valence-corrected chi connectivity index (χ4v) is 1.73. The molecule has 1 atom stereocenters. The summed E-state index contributed by atoms with van der Waals surface area (Å²) in [5.41, 5.74) is 0.474. The molecule has 0 aliphatic carbocycles. The van der Waals surface area contributed by atoms with E-state index < -0.39 is 11.0 Å². The summed E-state index contributed by atoms with van der Waals surface area (Å²) in [5.74, 6) is 0.416. The van der Waals surface area contributed by atoms with Crippen LogP contribution in [0.25, 0.3) is 0 Å². The normalized spacial score (nSPS) is 12.4. The van der Waals surface area contributed by atoms with Crippen LogP contribution < -0.4 is 5.32 Å². The quantitative estimate of drug-likeness (QED) is 0.569. The monoisotopic (exact) mass is 302 g/mol. The molecular weight excluding hydrogens is 284 g/mol. The third-order valence-corrected chi connectivity index (χ3v) is 2.77. The first-order valence-electron chi connectivity index (χ1n) is 6.33. The molecule has 7 heteroatoms. The Hall–Kier alpha value is -1.37. The van der Waals surface area contributed by atoms with Crippen LogP contribution in [0.1, 0.15) is 13.8 Å². The minimum absolute atomic E-state index is 0.0682. The predicted molar refractivity (Wildman–Crippen MR) is 78.3 cm³/mol. The predicted octanol–water partition coefficient (Wildman–Crippen LogP) is 2.69. The van der Waals surface area contributed by atoms with Crippen molar-refractivity contribution in [2.75, 3.05) is 25.1 Å². The van der Waals surface area contributed by atoms with E-state index in [0.29, 0.717) is 18.2 Å². The molecule has 0 aliphatic rings. The fraction of sp³-hybridized carbons (Fsp3) is 0.538. The largest absolute Gasteiger partial charge is 0.389 e. The molecule has 0 aliphatic heterocycles.